The molecule has 114 valence electrons. The van der Waals surface area contributed by atoms with Crippen LogP contribution in [0.25, 0.3) is 6.20 Å². The lowest BCUT2D eigenvalue weighted by Gasteiger charge is -2.16. The predicted octanol–water partition coefficient (Wildman–Crippen LogP) is -1.08. The molecule has 9 heteroatoms. The lowest BCUT2D eigenvalue weighted by Crippen LogP contribution is -2.40. The Bertz CT molecular complexity index is 679. The van der Waals surface area contributed by atoms with Crippen LogP contribution in [0.2, 0.25) is 0 Å². The standard InChI is InChI=1S/C12H13IN2O6/c13-7-5-15(10-4-8(18)9(6-17)21-10)12(20)14(11(7)19)2-1-3-16/h1-3,5,8-10,17-18H,4,6H2/b2-1+/t8-,9+,10+/m0/s1. The summed E-state index contributed by atoms with van der Waals surface area (Å²) in [7, 11) is 0. The van der Waals surface area contributed by atoms with Crippen LogP contribution in [0.15, 0.2) is 21.9 Å². The van der Waals surface area contributed by atoms with Gasteiger partial charge in [-0.2, -0.15) is 0 Å². The SMILES string of the molecule is O=C/C=C/n1c(=O)c(I)cn([C@H]2C[C@H](O)[C@@H](CO)O2)c1=O. The first-order valence-electron chi connectivity index (χ1n) is 6.09. The highest BCUT2D eigenvalue weighted by Gasteiger charge is 2.35. The van der Waals surface area contributed by atoms with Crippen LogP contribution in [0, 0.1) is 3.57 Å². The summed E-state index contributed by atoms with van der Waals surface area (Å²) in [6.07, 6.45) is 1.56. The van der Waals surface area contributed by atoms with Crippen molar-refractivity contribution in [2.75, 3.05) is 6.61 Å². The van der Waals surface area contributed by atoms with Crippen molar-refractivity contribution in [2.45, 2.75) is 24.9 Å². The molecular formula is C12H13IN2O6. The van der Waals surface area contributed by atoms with E-state index in [0.29, 0.717) is 6.29 Å². The number of hydrogen-bond donors (Lipinski definition) is 2. The molecule has 0 aliphatic carbocycles. The minimum atomic E-state index is -0.893. The van der Waals surface area contributed by atoms with Crippen molar-refractivity contribution in [1.82, 2.24) is 9.13 Å². The van der Waals surface area contributed by atoms with Gasteiger partial charge in [0.05, 0.1) is 16.3 Å². The summed E-state index contributed by atoms with van der Waals surface area (Å²) < 4.78 is 7.61. The summed E-state index contributed by atoms with van der Waals surface area (Å²) in [5.41, 5.74) is -1.23. The molecular weight excluding hydrogens is 395 g/mol. The molecule has 1 aromatic rings. The first-order chi connectivity index (χ1) is 9.99. The number of allylic oxidation sites excluding steroid dienone is 1. The van der Waals surface area contributed by atoms with Crippen LogP contribution >= 0.6 is 22.6 Å². The van der Waals surface area contributed by atoms with E-state index in [2.05, 4.69) is 0 Å². The van der Waals surface area contributed by atoms with Crippen LogP contribution < -0.4 is 11.2 Å². The highest BCUT2D eigenvalue weighted by molar-refractivity contribution is 14.1. The maximum absolute atomic E-state index is 12.3. The Morgan fingerprint density at radius 3 is 2.76 bits per heavy atom. The molecule has 0 bridgehead atoms. The van der Waals surface area contributed by atoms with Crippen LogP contribution in [0.3, 0.4) is 0 Å². The molecule has 1 aliphatic heterocycles. The van der Waals surface area contributed by atoms with Crippen molar-refractivity contribution in [3.63, 3.8) is 0 Å². The Morgan fingerprint density at radius 2 is 2.19 bits per heavy atom. The Kier molecular flexibility index (Phi) is 5.08. The van der Waals surface area contributed by atoms with Gasteiger partial charge in [0.1, 0.15) is 18.6 Å². The number of aromatic nitrogens is 2. The van der Waals surface area contributed by atoms with Gasteiger partial charge in [-0.25, -0.2) is 9.36 Å². The van der Waals surface area contributed by atoms with Crippen molar-refractivity contribution in [1.29, 1.82) is 0 Å². The van der Waals surface area contributed by atoms with E-state index in [-0.39, 0.29) is 16.6 Å². The maximum atomic E-state index is 12.3. The molecule has 0 unspecified atom stereocenters. The van der Waals surface area contributed by atoms with Gasteiger partial charge in [0.2, 0.25) is 0 Å². The molecule has 2 rings (SSSR count). The van der Waals surface area contributed by atoms with Gasteiger partial charge in [-0.15, -0.1) is 0 Å². The normalized spacial score (nSPS) is 25.6. The molecule has 21 heavy (non-hydrogen) atoms. The number of carbonyl (C=O) groups is 1. The van der Waals surface area contributed by atoms with Crippen LogP contribution in [-0.2, 0) is 9.53 Å². The zero-order chi connectivity index (χ0) is 15.6. The second-order valence-electron chi connectivity index (χ2n) is 4.43. The van der Waals surface area contributed by atoms with E-state index >= 15 is 0 Å². The third-order valence-corrected chi connectivity index (χ3v) is 3.85. The maximum Gasteiger partial charge on any atom is 0.337 e. The molecule has 0 radical (unpaired) electrons. The summed E-state index contributed by atoms with van der Waals surface area (Å²) in [5, 5.41) is 18.8. The summed E-state index contributed by atoms with van der Waals surface area (Å²) >= 11 is 1.77. The Morgan fingerprint density at radius 1 is 1.48 bits per heavy atom. The van der Waals surface area contributed by atoms with Gasteiger partial charge in [-0.3, -0.25) is 14.2 Å². The molecule has 1 aliphatic rings. The van der Waals surface area contributed by atoms with Crippen molar-refractivity contribution in [3.05, 3.63) is 36.7 Å². The highest BCUT2D eigenvalue weighted by atomic mass is 127. The first kappa shape index (κ1) is 16.1. The van der Waals surface area contributed by atoms with E-state index in [9.17, 15) is 19.5 Å². The molecule has 1 saturated heterocycles. The summed E-state index contributed by atoms with van der Waals surface area (Å²) in [6, 6.07) is 0. The largest absolute Gasteiger partial charge is 0.394 e. The van der Waals surface area contributed by atoms with Crippen LogP contribution in [0.1, 0.15) is 12.6 Å². The topological polar surface area (TPSA) is 111 Å². The third kappa shape index (κ3) is 3.15. The molecule has 8 nitrogen and oxygen atoms in total. The minimum absolute atomic E-state index is 0.122. The van der Waals surface area contributed by atoms with E-state index in [4.69, 9.17) is 9.84 Å². The van der Waals surface area contributed by atoms with Crippen molar-refractivity contribution in [3.8, 4) is 0 Å². The van der Waals surface area contributed by atoms with Crippen molar-refractivity contribution in [2.24, 2.45) is 0 Å². The number of carbonyl (C=O) groups excluding carboxylic acids is 1. The number of aliphatic hydroxyl groups excluding tert-OH is 2. The van der Waals surface area contributed by atoms with E-state index in [1.54, 1.807) is 22.6 Å². The Balaban J connectivity index is 2.49. The van der Waals surface area contributed by atoms with Gasteiger partial charge in [0, 0.05) is 18.8 Å². The first-order valence-corrected chi connectivity index (χ1v) is 7.17. The number of hydrogen-bond acceptors (Lipinski definition) is 6. The van der Waals surface area contributed by atoms with Gasteiger partial charge < -0.3 is 14.9 Å². The summed E-state index contributed by atoms with van der Waals surface area (Å²) in [4.78, 5) is 34.5. The number of halogens is 1. The molecule has 0 aromatic carbocycles. The number of rotatable bonds is 4. The van der Waals surface area contributed by atoms with Gasteiger partial charge >= 0.3 is 5.69 Å². The van der Waals surface area contributed by atoms with E-state index in [1.165, 1.54) is 6.20 Å². The Hall–Kier alpha value is -1.30. The van der Waals surface area contributed by atoms with Crippen LogP contribution in [0.5, 0.6) is 0 Å². The predicted molar refractivity (Wildman–Crippen MR) is 80.7 cm³/mol. The molecule has 0 amide bonds. The number of nitrogens with zero attached hydrogens (tertiary/aromatic N) is 2. The zero-order valence-corrected chi connectivity index (χ0v) is 12.9. The fraction of sp³-hybridized carbons (Fsp3) is 0.417. The lowest BCUT2D eigenvalue weighted by molar-refractivity contribution is -0.104. The second kappa shape index (κ2) is 6.64. The van der Waals surface area contributed by atoms with Gasteiger partial charge in [-0.1, -0.05) is 0 Å². The fourth-order valence-electron chi connectivity index (χ4n) is 2.07. The molecule has 0 spiro atoms. The van der Waals surface area contributed by atoms with Crippen molar-refractivity contribution < 1.29 is 19.7 Å². The third-order valence-electron chi connectivity index (χ3n) is 3.11. The van der Waals surface area contributed by atoms with E-state index in [1.807, 2.05) is 0 Å². The molecule has 3 atom stereocenters. The number of aliphatic hydroxyl groups is 2. The zero-order valence-electron chi connectivity index (χ0n) is 10.8. The average Bonchev–Trinajstić information content (AvgIpc) is 2.84. The van der Waals surface area contributed by atoms with Gasteiger partial charge in [-0.05, 0) is 28.7 Å². The number of ether oxygens (including phenoxy) is 1. The summed E-state index contributed by atoms with van der Waals surface area (Å²) in [6.45, 7) is -0.367. The smallest absolute Gasteiger partial charge is 0.337 e. The quantitative estimate of drug-likeness (QED) is 0.373. The molecule has 1 aromatic heterocycles. The van der Waals surface area contributed by atoms with Gasteiger partial charge in [0.15, 0.2) is 0 Å². The number of aldehydes is 1. The highest BCUT2D eigenvalue weighted by Crippen LogP contribution is 2.27. The van der Waals surface area contributed by atoms with Crippen LogP contribution in [0.4, 0.5) is 0 Å². The van der Waals surface area contributed by atoms with Crippen LogP contribution in [-0.4, -0.2) is 44.4 Å². The molecule has 2 heterocycles. The van der Waals surface area contributed by atoms with Crippen molar-refractivity contribution >= 4 is 35.1 Å². The molecule has 0 saturated carbocycles. The Labute approximate surface area is 132 Å². The average molecular weight is 408 g/mol. The monoisotopic (exact) mass is 408 g/mol. The second-order valence-corrected chi connectivity index (χ2v) is 5.60. The molecule has 1 fully saturated rings. The molecule has 2 N–H and O–H groups in total. The summed E-state index contributed by atoms with van der Waals surface area (Å²) in [5.74, 6) is 0. The lowest BCUT2D eigenvalue weighted by atomic mass is 10.2. The minimum Gasteiger partial charge on any atom is -0.394 e. The van der Waals surface area contributed by atoms with E-state index in [0.717, 1.165) is 21.4 Å². The fourth-order valence-corrected chi connectivity index (χ4v) is 2.63. The van der Waals surface area contributed by atoms with E-state index < -0.39 is 29.7 Å². The van der Waals surface area contributed by atoms with Gasteiger partial charge in [0.25, 0.3) is 5.56 Å².